The van der Waals surface area contributed by atoms with Gasteiger partial charge in [-0.3, -0.25) is 4.79 Å². The number of aryl methyl sites for hydroxylation is 1. The number of hydrogen-bond donors (Lipinski definition) is 1. The molecule has 1 heterocycles. The fourth-order valence-corrected chi connectivity index (χ4v) is 5.80. The zero-order chi connectivity index (χ0) is 26.6. The molecule has 37 heavy (non-hydrogen) atoms. The molecule has 0 radical (unpaired) electrons. The molecule has 0 aromatic heterocycles. The fraction of sp³-hybridized carbons (Fsp3) is 0.321. The van der Waals surface area contributed by atoms with E-state index in [0.29, 0.717) is 37.2 Å². The van der Waals surface area contributed by atoms with Gasteiger partial charge in [-0.2, -0.15) is 13.2 Å². The number of carbonyl (C=O) groups excluding carboxylic acids is 1. The van der Waals surface area contributed by atoms with E-state index in [1.165, 1.54) is 24.3 Å². The number of hydrogen-bond acceptors (Lipinski definition) is 4. The van der Waals surface area contributed by atoms with Gasteiger partial charge in [0.05, 0.1) is 10.5 Å². The molecular weight excluding hydrogens is 503 g/mol. The molecule has 0 saturated carbocycles. The summed E-state index contributed by atoms with van der Waals surface area (Å²) < 4.78 is 73.5. The molecule has 196 valence electrons. The third-order valence-electron chi connectivity index (χ3n) is 6.30. The number of benzene rings is 3. The van der Waals surface area contributed by atoms with Crippen LogP contribution in [0, 0.1) is 6.92 Å². The van der Waals surface area contributed by atoms with Crippen LogP contribution in [0.2, 0.25) is 0 Å². The lowest BCUT2D eigenvalue weighted by Gasteiger charge is -2.23. The van der Waals surface area contributed by atoms with Crippen LogP contribution in [0.25, 0.3) is 11.1 Å². The lowest BCUT2D eigenvalue weighted by atomic mass is 9.93. The quantitative estimate of drug-likeness (QED) is 0.417. The maximum absolute atomic E-state index is 13.1. The maximum Gasteiger partial charge on any atom is 0.416 e. The number of halogens is 3. The van der Waals surface area contributed by atoms with Gasteiger partial charge in [-0.15, -0.1) is 0 Å². The van der Waals surface area contributed by atoms with Crippen LogP contribution in [0.5, 0.6) is 0 Å². The van der Waals surface area contributed by atoms with Crippen molar-refractivity contribution in [1.29, 1.82) is 0 Å². The highest BCUT2D eigenvalue weighted by molar-refractivity contribution is 7.89. The summed E-state index contributed by atoms with van der Waals surface area (Å²) >= 11 is 0. The van der Waals surface area contributed by atoms with Crippen molar-refractivity contribution in [3.8, 4) is 11.1 Å². The molecule has 1 aliphatic rings. The van der Waals surface area contributed by atoms with Crippen molar-refractivity contribution >= 4 is 15.8 Å². The van der Waals surface area contributed by atoms with Crippen LogP contribution >= 0.6 is 0 Å². The van der Waals surface area contributed by atoms with Crippen molar-refractivity contribution in [3.63, 3.8) is 0 Å². The maximum atomic E-state index is 13.1. The summed E-state index contributed by atoms with van der Waals surface area (Å²) in [4.78, 5) is 13.1. The molecule has 0 bridgehead atoms. The molecule has 3 aromatic carbocycles. The molecular formula is C28H28F3NO4S. The van der Waals surface area contributed by atoms with E-state index in [9.17, 15) is 26.4 Å². The summed E-state index contributed by atoms with van der Waals surface area (Å²) in [5.41, 5.74) is 2.45. The summed E-state index contributed by atoms with van der Waals surface area (Å²) in [6, 6.07) is 16.7. The molecule has 1 fully saturated rings. The van der Waals surface area contributed by atoms with Crippen molar-refractivity contribution in [2.75, 3.05) is 13.2 Å². The van der Waals surface area contributed by atoms with Crippen molar-refractivity contribution in [3.05, 3.63) is 89.0 Å². The Kier molecular flexibility index (Phi) is 8.16. The number of ketones is 1. The van der Waals surface area contributed by atoms with Gasteiger partial charge in [0.15, 0.2) is 0 Å². The number of alkyl halides is 3. The predicted octanol–water partition coefficient (Wildman–Crippen LogP) is 5.49. The molecule has 1 aliphatic heterocycles. The van der Waals surface area contributed by atoms with Crippen LogP contribution in [0.15, 0.2) is 71.6 Å². The number of ether oxygens (including phenoxy) is 1. The molecule has 5 nitrogen and oxygen atoms in total. The van der Waals surface area contributed by atoms with E-state index in [1.54, 1.807) is 6.07 Å². The third kappa shape index (κ3) is 7.06. The van der Waals surface area contributed by atoms with Crippen LogP contribution in [0.4, 0.5) is 13.2 Å². The second kappa shape index (κ2) is 11.2. The Hall–Kier alpha value is -3.01. The van der Waals surface area contributed by atoms with Crippen molar-refractivity contribution < 1.29 is 31.1 Å². The van der Waals surface area contributed by atoms with Gasteiger partial charge in [0.25, 0.3) is 0 Å². The summed E-state index contributed by atoms with van der Waals surface area (Å²) in [6.07, 6.45) is -3.68. The second-order valence-electron chi connectivity index (χ2n) is 9.29. The first-order chi connectivity index (χ1) is 17.5. The van der Waals surface area contributed by atoms with E-state index in [1.807, 2.05) is 31.2 Å². The van der Waals surface area contributed by atoms with Crippen LogP contribution in [0.1, 0.15) is 35.1 Å². The topological polar surface area (TPSA) is 72.5 Å². The zero-order valence-corrected chi connectivity index (χ0v) is 21.2. The second-order valence-corrected chi connectivity index (χ2v) is 11.0. The first-order valence-electron chi connectivity index (χ1n) is 12.0. The Morgan fingerprint density at radius 1 is 0.973 bits per heavy atom. The van der Waals surface area contributed by atoms with E-state index in [2.05, 4.69) is 4.72 Å². The van der Waals surface area contributed by atoms with Gasteiger partial charge in [-0.1, -0.05) is 54.1 Å². The SMILES string of the molecule is Cc1cccc(-c2ccc(S(=O)(=O)NC3CCOCC3)cc2CC(=O)Cc2cccc(C(F)(F)F)c2)c1. The van der Waals surface area contributed by atoms with E-state index < -0.39 is 21.8 Å². The van der Waals surface area contributed by atoms with Gasteiger partial charge in [-0.25, -0.2) is 13.1 Å². The van der Waals surface area contributed by atoms with Gasteiger partial charge >= 0.3 is 6.18 Å². The molecule has 0 amide bonds. The third-order valence-corrected chi connectivity index (χ3v) is 7.82. The highest BCUT2D eigenvalue weighted by Crippen LogP contribution is 2.31. The van der Waals surface area contributed by atoms with Gasteiger partial charge in [0, 0.05) is 32.1 Å². The number of nitrogens with one attached hydrogen (secondary N) is 1. The summed E-state index contributed by atoms with van der Waals surface area (Å²) in [7, 11) is -3.85. The Morgan fingerprint density at radius 2 is 1.70 bits per heavy atom. The minimum Gasteiger partial charge on any atom is -0.381 e. The molecule has 0 unspecified atom stereocenters. The van der Waals surface area contributed by atoms with Crippen LogP contribution < -0.4 is 4.72 Å². The molecule has 0 spiro atoms. The Morgan fingerprint density at radius 3 is 2.41 bits per heavy atom. The first-order valence-corrected chi connectivity index (χ1v) is 13.5. The predicted molar refractivity (Wildman–Crippen MR) is 135 cm³/mol. The van der Waals surface area contributed by atoms with Crippen molar-refractivity contribution in [2.24, 2.45) is 0 Å². The first kappa shape index (κ1) is 27.0. The highest BCUT2D eigenvalue weighted by Gasteiger charge is 2.30. The van der Waals surface area contributed by atoms with Crippen LogP contribution in [0.3, 0.4) is 0 Å². The van der Waals surface area contributed by atoms with Crippen LogP contribution in [-0.4, -0.2) is 33.5 Å². The lowest BCUT2D eigenvalue weighted by molar-refractivity contribution is -0.137. The standard InChI is InChI=1S/C28H28F3NO4S/c1-19-4-2-6-21(14-19)27-9-8-26(37(34,35)32-24-10-12-36-13-11-24)18-22(27)17-25(33)16-20-5-3-7-23(15-20)28(29,30)31/h2-9,14-15,18,24,32H,10-13,16-17H2,1H3. The number of rotatable bonds is 8. The monoisotopic (exact) mass is 531 g/mol. The average molecular weight is 532 g/mol. The largest absolute Gasteiger partial charge is 0.416 e. The highest BCUT2D eigenvalue weighted by atomic mass is 32.2. The van der Waals surface area contributed by atoms with E-state index in [0.717, 1.165) is 23.3 Å². The lowest BCUT2D eigenvalue weighted by Crippen LogP contribution is -2.38. The Bertz CT molecular complexity index is 1380. The molecule has 9 heteroatoms. The Labute approximate surface area is 214 Å². The van der Waals surface area contributed by atoms with E-state index >= 15 is 0 Å². The van der Waals surface area contributed by atoms with Crippen molar-refractivity contribution in [1.82, 2.24) is 4.72 Å². The minimum atomic E-state index is -4.50. The van der Waals surface area contributed by atoms with Gasteiger partial charge in [0.2, 0.25) is 10.0 Å². The molecule has 1 N–H and O–H groups in total. The number of carbonyl (C=O) groups is 1. The number of Topliss-reactive ketones (excluding diaryl/α,β-unsaturated/α-hetero) is 1. The molecule has 0 atom stereocenters. The van der Waals surface area contributed by atoms with Crippen LogP contribution in [-0.2, 0) is 38.6 Å². The average Bonchev–Trinajstić information content (AvgIpc) is 2.84. The smallest absolute Gasteiger partial charge is 0.381 e. The summed E-state index contributed by atoms with van der Waals surface area (Å²) in [6.45, 7) is 2.89. The van der Waals surface area contributed by atoms with Gasteiger partial charge in [-0.05, 0) is 60.2 Å². The summed E-state index contributed by atoms with van der Waals surface area (Å²) in [5.74, 6) is -0.319. The molecule has 3 aromatic rings. The summed E-state index contributed by atoms with van der Waals surface area (Å²) in [5, 5.41) is 0. The molecule has 4 rings (SSSR count). The molecule has 1 saturated heterocycles. The van der Waals surface area contributed by atoms with Crippen molar-refractivity contribution in [2.45, 2.75) is 49.7 Å². The van der Waals surface area contributed by atoms with E-state index in [-0.39, 0.29) is 35.1 Å². The number of sulfonamides is 1. The van der Waals surface area contributed by atoms with Gasteiger partial charge in [0.1, 0.15) is 5.78 Å². The fourth-order valence-electron chi connectivity index (χ4n) is 4.44. The minimum absolute atomic E-state index is 0.0391. The zero-order valence-electron chi connectivity index (χ0n) is 20.3. The van der Waals surface area contributed by atoms with E-state index in [4.69, 9.17) is 4.74 Å². The Balaban J connectivity index is 1.64. The molecule has 0 aliphatic carbocycles. The normalized spacial score (nSPS) is 15.0. The van der Waals surface area contributed by atoms with Gasteiger partial charge < -0.3 is 4.74 Å².